The van der Waals surface area contributed by atoms with Gasteiger partial charge in [-0.1, -0.05) is 18.2 Å². The second-order valence-corrected chi connectivity index (χ2v) is 2.36. The second kappa shape index (κ2) is 2.23. The zero-order chi connectivity index (χ0) is 7.68. The summed E-state index contributed by atoms with van der Waals surface area (Å²) in [5.41, 5.74) is 0.826. The fraction of sp³-hybridized carbons (Fsp3) is 0. The summed E-state index contributed by atoms with van der Waals surface area (Å²) in [6.07, 6.45) is 0. The molecule has 11 heavy (non-hydrogen) atoms. The summed E-state index contributed by atoms with van der Waals surface area (Å²) in [5, 5.41) is 10.1. The maximum Gasteiger partial charge on any atom is 0.211 e. The number of pyridine rings is 1. The van der Waals surface area contributed by atoms with E-state index in [0.29, 0.717) is 0 Å². The number of rotatable bonds is 0. The quantitative estimate of drug-likeness (QED) is 0.617. The molecular formula is C9H7NO. The molecule has 1 N–H and O–H groups in total. The normalized spacial score (nSPS) is 10.2. The van der Waals surface area contributed by atoms with E-state index in [2.05, 4.69) is 4.98 Å². The maximum atomic E-state index is 9.02. The van der Waals surface area contributed by atoms with Crippen molar-refractivity contribution in [1.82, 2.24) is 4.98 Å². The van der Waals surface area contributed by atoms with Crippen LogP contribution in [0.3, 0.4) is 0 Å². The standard InChI is InChI=1S/C9H7NO/c11-9-6-5-7-3-1-2-4-8(7)10-9/h1-6H,(H,10,11)/i9+2. The van der Waals surface area contributed by atoms with Gasteiger partial charge in [0.2, 0.25) is 5.88 Å². The van der Waals surface area contributed by atoms with Crippen LogP contribution in [0.25, 0.3) is 10.9 Å². The number of para-hydroxylation sites is 1. The molecule has 2 aromatic rings. The Labute approximate surface area is 64.1 Å². The molecule has 0 saturated carbocycles. The van der Waals surface area contributed by atoms with Gasteiger partial charge in [-0.25, -0.2) is 4.98 Å². The molecule has 0 aliphatic heterocycles. The van der Waals surface area contributed by atoms with Crippen molar-refractivity contribution >= 4 is 10.9 Å². The topological polar surface area (TPSA) is 33.1 Å². The van der Waals surface area contributed by atoms with Gasteiger partial charge in [0.15, 0.2) is 0 Å². The van der Waals surface area contributed by atoms with Crippen LogP contribution in [0.5, 0.6) is 5.88 Å². The molecule has 54 valence electrons. The third-order valence-electron chi connectivity index (χ3n) is 1.58. The molecule has 2 nitrogen and oxygen atoms in total. The average Bonchev–Trinajstić information content (AvgIpc) is 2.04. The molecular weight excluding hydrogens is 140 g/mol. The molecule has 0 saturated heterocycles. The van der Waals surface area contributed by atoms with Crippen LogP contribution in [0.4, 0.5) is 0 Å². The Morgan fingerprint density at radius 1 is 1.18 bits per heavy atom. The van der Waals surface area contributed by atoms with Crippen molar-refractivity contribution in [2.24, 2.45) is 0 Å². The first kappa shape index (κ1) is 6.16. The average molecular weight is 147 g/mol. The van der Waals surface area contributed by atoms with Gasteiger partial charge >= 0.3 is 0 Å². The lowest BCUT2D eigenvalue weighted by Gasteiger charge is -1.95. The zero-order valence-electron chi connectivity index (χ0n) is 5.86. The van der Waals surface area contributed by atoms with Crippen molar-refractivity contribution in [3.05, 3.63) is 36.4 Å². The van der Waals surface area contributed by atoms with Crippen molar-refractivity contribution in [2.45, 2.75) is 0 Å². The van der Waals surface area contributed by atoms with E-state index in [9.17, 15) is 0 Å². The predicted molar refractivity (Wildman–Crippen MR) is 43.4 cm³/mol. The highest BCUT2D eigenvalue weighted by Crippen LogP contribution is 2.14. The summed E-state index contributed by atoms with van der Waals surface area (Å²) in [6, 6.07) is 11.1. The Morgan fingerprint density at radius 3 is 2.91 bits per heavy atom. The number of fused-ring (bicyclic) bond motifs is 1. The second-order valence-electron chi connectivity index (χ2n) is 2.36. The number of hydrogen-bond donors (Lipinski definition) is 1. The SMILES string of the molecule is O[14c]1ccc2ccccc2n1. The Hall–Kier alpha value is -1.57. The molecule has 0 aliphatic carbocycles. The molecule has 0 fully saturated rings. The Morgan fingerprint density at radius 2 is 2.00 bits per heavy atom. The number of hydrogen-bond acceptors (Lipinski definition) is 2. The zero-order valence-corrected chi connectivity index (χ0v) is 5.86. The maximum absolute atomic E-state index is 9.02. The number of aromatic nitrogens is 1. The van der Waals surface area contributed by atoms with E-state index in [0.717, 1.165) is 10.9 Å². The third-order valence-corrected chi connectivity index (χ3v) is 1.58. The van der Waals surface area contributed by atoms with Gasteiger partial charge in [0, 0.05) is 11.5 Å². The Kier molecular flexibility index (Phi) is 1.25. The van der Waals surface area contributed by atoms with E-state index < -0.39 is 0 Å². The molecule has 2 heteroatoms. The van der Waals surface area contributed by atoms with Gasteiger partial charge in [0.25, 0.3) is 0 Å². The number of nitrogens with zero attached hydrogens (tertiary/aromatic N) is 1. The van der Waals surface area contributed by atoms with Crippen molar-refractivity contribution in [3.63, 3.8) is 0 Å². The minimum Gasteiger partial charge on any atom is -0.493 e. The van der Waals surface area contributed by atoms with Crippen LogP contribution in [-0.2, 0) is 0 Å². The van der Waals surface area contributed by atoms with E-state index in [1.807, 2.05) is 30.3 Å². The summed E-state index contributed by atoms with van der Waals surface area (Å²) < 4.78 is 0. The van der Waals surface area contributed by atoms with E-state index in [4.69, 9.17) is 5.11 Å². The van der Waals surface area contributed by atoms with Crippen LogP contribution in [0.15, 0.2) is 36.4 Å². The van der Waals surface area contributed by atoms with Crippen molar-refractivity contribution in [1.29, 1.82) is 0 Å². The van der Waals surface area contributed by atoms with Crippen molar-refractivity contribution in [2.75, 3.05) is 0 Å². The molecule has 0 amide bonds. The van der Waals surface area contributed by atoms with Gasteiger partial charge in [-0.3, -0.25) is 0 Å². The van der Waals surface area contributed by atoms with Crippen LogP contribution >= 0.6 is 0 Å². The molecule has 0 bridgehead atoms. The van der Waals surface area contributed by atoms with Gasteiger partial charge < -0.3 is 5.11 Å². The van der Waals surface area contributed by atoms with E-state index in [-0.39, 0.29) is 5.88 Å². The molecule has 0 unspecified atom stereocenters. The van der Waals surface area contributed by atoms with Crippen molar-refractivity contribution in [3.8, 4) is 5.88 Å². The molecule has 2 rings (SSSR count). The van der Waals surface area contributed by atoms with Crippen molar-refractivity contribution < 1.29 is 5.11 Å². The molecule has 0 radical (unpaired) electrons. The smallest absolute Gasteiger partial charge is 0.211 e. The molecule has 0 atom stereocenters. The molecule has 0 spiro atoms. The van der Waals surface area contributed by atoms with E-state index in [1.54, 1.807) is 6.07 Å². The Balaban J connectivity index is 2.83. The fourth-order valence-electron chi connectivity index (χ4n) is 1.06. The molecule has 1 aromatic carbocycles. The third kappa shape index (κ3) is 1.03. The van der Waals surface area contributed by atoms with Crippen LogP contribution in [-0.4, -0.2) is 10.1 Å². The molecule has 0 aliphatic rings. The number of benzene rings is 1. The van der Waals surface area contributed by atoms with Crippen LogP contribution < -0.4 is 0 Å². The van der Waals surface area contributed by atoms with Gasteiger partial charge in [0.05, 0.1) is 5.52 Å². The first-order chi connectivity index (χ1) is 5.36. The summed E-state index contributed by atoms with van der Waals surface area (Å²) in [5.74, 6) is 0.0729. The largest absolute Gasteiger partial charge is 0.493 e. The highest BCUT2D eigenvalue weighted by molar-refractivity contribution is 5.78. The van der Waals surface area contributed by atoms with Gasteiger partial charge in [-0.2, -0.15) is 0 Å². The summed E-state index contributed by atoms with van der Waals surface area (Å²) in [7, 11) is 0. The van der Waals surface area contributed by atoms with Gasteiger partial charge in [-0.05, 0) is 12.1 Å². The molecule has 1 heterocycles. The first-order valence-electron chi connectivity index (χ1n) is 3.41. The summed E-state index contributed by atoms with van der Waals surface area (Å²) >= 11 is 0. The minimum absolute atomic E-state index is 0.0729. The first-order valence-corrected chi connectivity index (χ1v) is 3.41. The van der Waals surface area contributed by atoms with Gasteiger partial charge in [0.1, 0.15) is 0 Å². The van der Waals surface area contributed by atoms with Gasteiger partial charge in [-0.15, -0.1) is 0 Å². The lowest BCUT2D eigenvalue weighted by atomic mass is 10.2. The van der Waals surface area contributed by atoms with Crippen LogP contribution in [0, 0.1) is 0 Å². The van der Waals surface area contributed by atoms with E-state index >= 15 is 0 Å². The highest BCUT2D eigenvalue weighted by Gasteiger charge is 1.92. The minimum atomic E-state index is 0.0729. The molecule has 1 aromatic heterocycles. The van der Waals surface area contributed by atoms with E-state index in [1.165, 1.54) is 0 Å². The Bertz CT molecular complexity index is 384. The lowest BCUT2D eigenvalue weighted by molar-refractivity contribution is 0.456. The monoisotopic (exact) mass is 147 g/mol. The van der Waals surface area contributed by atoms with Crippen LogP contribution in [0.2, 0.25) is 0 Å². The summed E-state index contributed by atoms with van der Waals surface area (Å²) in [4.78, 5) is 3.93. The lowest BCUT2D eigenvalue weighted by Crippen LogP contribution is -1.76. The van der Waals surface area contributed by atoms with Crippen LogP contribution in [0.1, 0.15) is 0 Å². The highest BCUT2D eigenvalue weighted by atomic mass is 16.5. The fourth-order valence-corrected chi connectivity index (χ4v) is 1.06. The predicted octanol–water partition coefficient (Wildman–Crippen LogP) is 1.94. The summed E-state index contributed by atoms with van der Waals surface area (Å²) in [6.45, 7) is 0. The number of aromatic hydroxyl groups is 1.